The summed E-state index contributed by atoms with van der Waals surface area (Å²) in [6.45, 7) is 4.26. The zero-order valence-electron chi connectivity index (χ0n) is 15.3. The maximum absolute atomic E-state index is 6.21. The summed E-state index contributed by atoms with van der Waals surface area (Å²) >= 11 is 0. The Balaban J connectivity index is 1.74. The Morgan fingerprint density at radius 2 is 1.80 bits per heavy atom. The summed E-state index contributed by atoms with van der Waals surface area (Å²) in [4.78, 5) is 0. The second kappa shape index (κ2) is 7.85. The van der Waals surface area contributed by atoms with Crippen LogP contribution >= 0.6 is 0 Å². The van der Waals surface area contributed by atoms with Crippen molar-refractivity contribution >= 4 is 8.80 Å². The monoisotopic (exact) mass is 380 g/mol. The average molecular weight is 380 g/mol. The van der Waals surface area contributed by atoms with Crippen LogP contribution in [0.4, 0.5) is 0 Å². The lowest BCUT2D eigenvalue weighted by Gasteiger charge is -2.42. The lowest BCUT2D eigenvalue weighted by Crippen LogP contribution is -2.67. The van der Waals surface area contributed by atoms with E-state index in [1.807, 2.05) is 6.92 Å². The molecule has 0 aromatic heterocycles. The molecule has 9 nitrogen and oxygen atoms in total. The Kier molecular flexibility index (Phi) is 6.16. The third kappa shape index (κ3) is 3.79. The molecule has 0 aromatic rings. The van der Waals surface area contributed by atoms with Crippen molar-refractivity contribution in [3.8, 4) is 0 Å². The molecule has 25 heavy (non-hydrogen) atoms. The van der Waals surface area contributed by atoms with Crippen LogP contribution < -0.4 is 0 Å². The summed E-state index contributed by atoms with van der Waals surface area (Å²) in [6.07, 6.45) is 0.929. The molecule has 3 rings (SSSR count). The Bertz CT molecular complexity index is 436. The van der Waals surface area contributed by atoms with Crippen LogP contribution in [-0.2, 0) is 41.7 Å². The molecule has 0 aliphatic carbocycles. The number of hydrogen-bond acceptors (Lipinski definition) is 9. The SMILES string of the molecule is CCC(OCC1CO1)(OCC12OCCCOC1O2)[Si](OC)(OC)OC. The van der Waals surface area contributed by atoms with Gasteiger partial charge in [0, 0.05) is 27.8 Å². The van der Waals surface area contributed by atoms with Gasteiger partial charge in [-0.1, -0.05) is 6.92 Å². The van der Waals surface area contributed by atoms with Crippen molar-refractivity contribution in [3.05, 3.63) is 0 Å². The van der Waals surface area contributed by atoms with E-state index in [0.717, 1.165) is 6.42 Å². The standard InChI is InChI=1S/C15H28O9Si/c1-5-15(22-10-12-9-20-12,25(16-2,17-3)18-4)23-11-14-13(24-14)19-7-6-8-21-14/h12-13H,5-11H2,1-4H3. The van der Waals surface area contributed by atoms with Gasteiger partial charge in [0.15, 0.2) is 0 Å². The third-order valence-corrected chi connectivity index (χ3v) is 7.85. The van der Waals surface area contributed by atoms with Crippen molar-refractivity contribution in [3.63, 3.8) is 0 Å². The van der Waals surface area contributed by atoms with E-state index < -0.39 is 26.3 Å². The van der Waals surface area contributed by atoms with E-state index in [2.05, 4.69) is 0 Å². The highest BCUT2D eigenvalue weighted by Crippen LogP contribution is 2.43. The fourth-order valence-corrected chi connectivity index (χ4v) is 5.39. The quantitative estimate of drug-likeness (QED) is 0.287. The molecule has 0 bridgehead atoms. The van der Waals surface area contributed by atoms with Gasteiger partial charge in [0.25, 0.3) is 0 Å². The summed E-state index contributed by atoms with van der Waals surface area (Å²) in [5.41, 5.74) is -1.20. The predicted octanol–water partition coefficient (Wildman–Crippen LogP) is 0.432. The van der Waals surface area contributed by atoms with Gasteiger partial charge >= 0.3 is 8.80 Å². The van der Waals surface area contributed by atoms with Crippen molar-refractivity contribution in [2.24, 2.45) is 0 Å². The first-order valence-corrected chi connectivity index (χ1v) is 10.3. The molecule has 3 aliphatic rings. The van der Waals surface area contributed by atoms with Crippen LogP contribution in [0.3, 0.4) is 0 Å². The van der Waals surface area contributed by atoms with Crippen LogP contribution in [0.2, 0.25) is 0 Å². The van der Waals surface area contributed by atoms with Crippen LogP contribution in [0.15, 0.2) is 0 Å². The van der Waals surface area contributed by atoms with E-state index in [1.54, 1.807) is 0 Å². The Labute approximate surface area is 149 Å². The van der Waals surface area contributed by atoms with E-state index in [9.17, 15) is 0 Å². The second-order valence-electron chi connectivity index (χ2n) is 6.16. The lowest BCUT2D eigenvalue weighted by molar-refractivity contribution is -0.246. The van der Waals surface area contributed by atoms with Gasteiger partial charge in [-0.3, -0.25) is 0 Å². The highest BCUT2D eigenvalue weighted by atomic mass is 28.4. The first-order valence-electron chi connectivity index (χ1n) is 8.57. The minimum atomic E-state index is -3.30. The number of ether oxygens (including phenoxy) is 6. The molecule has 4 atom stereocenters. The molecule has 0 spiro atoms. The number of hydrogen-bond donors (Lipinski definition) is 0. The molecule has 0 N–H and O–H groups in total. The van der Waals surface area contributed by atoms with E-state index in [-0.39, 0.29) is 12.7 Å². The van der Waals surface area contributed by atoms with E-state index in [1.165, 1.54) is 21.3 Å². The Morgan fingerprint density at radius 1 is 1.08 bits per heavy atom. The summed E-state index contributed by atoms with van der Waals surface area (Å²) < 4.78 is 51.5. The molecular formula is C15H28O9Si. The first kappa shape index (κ1) is 19.6. The van der Waals surface area contributed by atoms with Gasteiger partial charge in [-0.2, -0.15) is 0 Å². The molecule has 0 radical (unpaired) electrons. The zero-order chi connectivity index (χ0) is 18.0. The van der Waals surface area contributed by atoms with Gasteiger partial charge in [0.2, 0.25) is 17.5 Å². The Morgan fingerprint density at radius 3 is 2.40 bits per heavy atom. The third-order valence-electron chi connectivity index (χ3n) is 4.66. The number of epoxide rings is 2. The average Bonchev–Trinajstić information content (AvgIpc) is 3.53. The predicted molar refractivity (Wildman–Crippen MR) is 85.6 cm³/mol. The zero-order valence-corrected chi connectivity index (χ0v) is 16.3. The molecule has 3 heterocycles. The molecule has 3 saturated heterocycles. The van der Waals surface area contributed by atoms with Gasteiger partial charge in [-0.05, 0) is 6.42 Å². The van der Waals surface area contributed by atoms with Gasteiger partial charge in [0.1, 0.15) is 12.7 Å². The number of fused-ring (bicyclic) bond motifs is 1. The molecule has 3 fully saturated rings. The molecule has 10 heteroatoms. The largest absolute Gasteiger partial charge is 0.562 e. The number of rotatable bonds is 11. The Hall–Kier alpha value is -0.143. The van der Waals surface area contributed by atoms with E-state index in [0.29, 0.717) is 32.8 Å². The van der Waals surface area contributed by atoms with Crippen molar-refractivity contribution in [1.29, 1.82) is 0 Å². The van der Waals surface area contributed by atoms with Gasteiger partial charge in [-0.15, -0.1) is 0 Å². The minimum Gasteiger partial charge on any atom is -0.374 e. The van der Waals surface area contributed by atoms with Crippen LogP contribution in [0.25, 0.3) is 0 Å². The second-order valence-corrected chi connectivity index (χ2v) is 9.26. The van der Waals surface area contributed by atoms with Crippen molar-refractivity contribution in [1.82, 2.24) is 0 Å². The summed E-state index contributed by atoms with van der Waals surface area (Å²) in [6, 6.07) is 0. The van der Waals surface area contributed by atoms with Gasteiger partial charge < -0.3 is 41.7 Å². The molecule has 0 amide bonds. The molecule has 0 aromatic carbocycles. The van der Waals surface area contributed by atoms with Gasteiger partial charge in [-0.25, -0.2) is 0 Å². The van der Waals surface area contributed by atoms with Crippen LogP contribution in [0.1, 0.15) is 19.8 Å². The van der Waals surface area contributed by atoms with E-state index >= 15 is 0 Å². The van der Waals surface area contributed by atoms with Crippen molar-refractivity contribution in [2.75, 3.05) is 54.4 Å². The molecule has 4 unspecified atom stereocenters. The van der Waals surface area contributed by atoms with Gasteiger partial charge in [0.05, 0.1) is 26.4 Å². The molecule has 146 valence electrons. The topological polar surface area (TPSA) is 89.7 Å². The maximum atomic E-state index is 6.21. The van der Waals surface area contributed by atoms with Crippen molar-refractivity contribution < 1.29 is 41.7 Å². The summed E-state index contributed by atoms with van der Waals surface area (Å²) in [7, 11) is 1.30. The minimum absolute atomic E-state index is 0.0624. The normalized spacial score (nSPS) is 34.1. The van der Waals surface area contributed by atoms with E-state index in [4.69, 9.17) is 41.7 Å². The molecular weight excluding hydrogens is 352 g/mol. The highest BCUT2D eigenvalue weighted by Gasteiger charge is 2.67. The maximum Gasteiger partial charge on any atom is 0.562 e. The van der Waals surface area contributed by atoms with Crippen LogP contribution in [-0.4, -0.2) is 86.8 Å². The summed E-state index contributed by atoms with van der Waals surface area (Å²) in [5, 5.41) is 0. The fourth-order valence-electron chi connectivity index (χ4n) is 3.01. The highest BCUT2D eigenvalue weighted by molar-refractivity contribution is 6.63. The first-order chi connectivity index (χ1) is 12.1. The molecule has 3 aliphatic heterocycles. The van der Waals surface area contributed by atoms with Crippen LogP contribution in [0.5, 0.6) is 0 Å². The summed E-state index contributed by atoms with van der Waals surface area (Å²) in [5.74, 6) is -0.897. The fraction of sp³-hybridized carbons (Fsp3) is 1.00. The van der Waals surface area contributed by atoms with Crippen molar-refractivity contribution in [2.45, 2.75) is 43.4 Å². The lowest BCUT2D eigenvalue weighted by atomic mass is 10.4. The molecule has 0 saturated carbocycles. The smallest absolute Gasteiger partial charge is 0.374 e. The van der Waals surface area contributed by atoms with Crippen LogP contribution in [0, 0.1) is 0 Å².